The first-order valence-corrected chi connectivity index (χ1v) is 27.2. The largest absolute Gasteiger partial charge is 0.375 e. The summed E-state index contributed by atoms with van der Waals surface area (Å²) in [7, 11) is 0. The molecule has 0 N–H and O–H groups in total. The van der Waals surface area contributed by atoms with Crippen LogP contribution in [0.3, 0.4) is 0 Å². The highest BCUT2D eigenvalue weighted by atomic mass is 16.5. The summed E-state index contributed by atoms with van der Waals surface area (Å²) in [6, 6.07) is 0. The molecule has 10 atom stereocenters. The van der Waals surface area contributed by atoms with E-state index in [1.54, 1.807) is 5.57 Å². The summed E-state index contributed by atoms with van der Waals surface area (Å²) < 4.78 is 6.96. The van der Waals surface area contributed by atoms with E-state index in [4.69, 9.17) is 4.74 Å². The fraction of sp³-hybridized carbons (Fsp3) is 0.930. The van der Waals surface area contributed by atoms with Gasteiger partial charge >= 0.3 is 0 Å². The molecule has 0 spiro atoms. The van der Waals surface area contributed by atoms with Gasteiger partial charge in [0.2, 0.25) is 0 Å². The van der Waals surface area contributed by atoms with Crippen LogP contribution in [-0.2, 0) is 4.74 Å². The lowest BCUT2D eigenvalue weighted by Crippen LogP contribution is -2.51. The highest BCUT2D eigenvalue weighted by Gasteiger charge is 2.59. The molecule has 4 aliphatic carbocycles. The second-order valence-electron chi connectivity index (χ2n) is 22.1. The zero-order valence-corrected chi connectivity index (χ0v) is 40.9. The van der Waals surface area contributed by atoms with Crippen LogP contribution in [0, 0.1) is 52.3 Å². The van der Waals surface area contributed by atoms with Gasteiger partial charge in [0.1, 0.15) is 0 Å². The van der Waals surface area contributed by atoms with Crippen molar-refractivity contribution >= 4 is 0 Å². The number of hydrogen-bond donors (Lipinski definition) is 0. The molecule has 4 aliphatic rings. The Balaban J connectivity index is 1.02. The third kappa shape index (κ3) is 15.4. The Morgan fingerprint density at radius 2 is 1.14 bits per heavy atom. The Kier molecular flexibility index (Phi) is 23.7. The van der Waals surface area contributed by atoms with Crippen LogP contribution >= 0.6 is 0 Å². The van der Waals surface area contributed by atoms with Gasteiger partial charge in [-0.05, 0) is 123 Å². The van der Waals surface area contributed by atoms with Crippen molar-refractivity contribution in [1.29, 1.82) is 0 Å². The molecule has 0 heterocycles. The summed E-state index contributed by atoms with van der Waals surface area (Å²) in [4.78, 5) is 0. The van der Waals surface area contributed by atoms with E-state index in [-0.39, 0.29) is 0 Å². The minimum Gasteiger partial charge on any atom is -0.375 e. The molecular weight excluding hydrogens is 701 g/mol. The van der Waals surface area contributed by atoms with Crippen molar-refractivity contribution < 1.29 is 4.74 Å². The quantitative estimate of drug-likeness (QED) is 0.0486. The fourth-order valence-corrected chi connectivity index (χ4v) is 13.7. The standard InChI is InChI=1S/C57H104O/c1-9-12-13-14-15-16-17-18-19-20-21-22-23-24-25-26-27-28-29-30-31-32-33-34-50(11-3)58-51-41-43-56(7)49(45-51)37-38-52-54-40-39-53(57(54,8)44-42-55(52)56)47(6)35-36-48(10-2)46(4)5/h35-37,46-48,50-55H,9-34,38-45H2,1-8H3/b36-35+/t47-,48-,50+,51+,52+,53-,54+,55+,56+,57-/m1/s1. The van der Waals surface area contributed by atoms with Crippen LogP contribution in [0.2, 0.25) is 0 Å². The van der Waals surface area contributed by atoms with Crippen molar-refractivity contribution in [3.05, 3.63) is 23.8 Å². The van der Waals surface area contributed by atoms with E-state index in [1.165, 1.54) is 218 Å². The van der Waals surface area contributed by atoms with Crippen molar-refractivity contribution in [3.63, 3.8) is 0 Å². The molecule has 0 aliphatic heterocycles. The number of allylic oxidation sites excluding steroid dienone is 3. The first-order chi connectivity index (χ1) is 28.2. The van der Waals surface area contributed by atoms with Crippen molar-refractivity contribution in [2.24, 2.45) is 52.3 Å². The summed E-state index contributed by atoms with van der Waals surface area (Å²) in [5.41, 5.74) is 2.76. The highest BCUT2D eigenvalue weighted by Crippen LogP contribution is 2.67. The Labute approximate surface area is 365 Å². The van der Waals surface area contributed by atoms with Gasteiger partial charge in [-0.25, -0.2) is 0 Å². The van der Waals surface area contributed by atoms with E-state index in [0.29, 0.717) is 29.0 Å². The monoisotopic (exact) mass is 805 g/mol. The Morgan fingerprint density at radius 3 is 1.64 bits per heavy atom. The summed E-state index contributed by atoms with van der Waals surface area (Å²) in [5.74, 6) is 5.81. The van der Waals surface area contributed by atoms with Crippen LogP contribution in [0.25, 0.3) is 0 Å². The van der Waals surface area contributed by atoms with Gasteiger partial charge in [0, 0.05) is 0 Å². The maximum absolute atomic E-state index is 6.96. The van der Waals surface area contributed by atoms with Gasteiger partial charge < -0.3 is 4.74 Å². The fourth-order valence-electron chi connectivity index (χ4n) is 13.7. The molecule has 0 aromatic heterocycles. The van der Waals surface area contributed by atoms with Crippen molar-refractivity contribution in [3.8, 4) is 0 Å². The molecule has 58 heavy (non-hydrogen) atoms. The SMILES string of the molecule is CCCCCCCCCCCCCCCCCCCCCCCCC[C@H](CC)O[C@H]1CC[C@@]2(C)C(=CC[C@H]3[C@@H]4CC[C@H]([C@H](C)/C=C/[C@@H](CC)C(C)C)[C@@]4(C)CC[C@@H]32)C1. The lowest BCUT2D eigenvalue weighted by atomic mass is 9.47. The number of rotatable bonds is 32. The van der Waals surface area contributed by atoms with Gasteiger partial charge in [0.15, 0.2) is 0 Å². The van der Waals surface area contributed by atoms with E-state index < -0.39 is 0 Å². The summed E-state index contributed by atoms with van der Waals surface area (Å²) in [5, 5.41) is 0. The molecule has 338 valence electrons. The van der Waals surface area contributed by atoms with Crippen molar-refractivity contribution in [1.82, 2.24) is 0 Å². The van der Waals surface area contributed by atoms with Crippen molar-refractivity contribution in [2.45, 2.75) is 286 Å². The average molecular weight is 805 g/mol. The van der Waals surface area contributed by atoms with Crippen LogP contribution < -0.4 is 0 Å². The normalized spacial score (nSPS) is 29.9. The first kappa shape index (κ1) is 50.1. The molecule has 0 radical (unpaired) electrons. The molecule has 3 saturated carbocycles. The topological polar surface area (TPSA) is 9.23 Å². The predicted octanol–water partition coefficient (Wildman–Crippen LogP) is 19.0. The number of ether oxygens (including phenoxy) is 1. The van der Waals surface area contributed by atoms with E-state index in [1.807, 2.05) is 0 Å². The van der Waals surface area contributed by atoms with Crippen LogP contribution in [0.4, 0.5) is 0 Å². The Hall–Kier alpha value is -0.560. The van der Waals surface area contributed by atoms with Gasteiger partial charge in [-0.1, -0.05) is 227 Å². The first-order valence-electron chi connectivity index (χ1n) is 27.2. The maximum Gasteiger partial charge on any atom is 0.0616 e. The minimum absolute atomic E-state index is 0.424. The predicted molar refractivity (Wildman–Crippen MR) is 258 cm³/mol. The van der Waals surface area contributed by atoms with E-state index in [0.717, 1.165) is 35.5 Å². The lowest BCUT2D eigenvalue weighted by molar-refractivity contribution is -0.0757. The van der Waals surface area contributed by atoms with E-state index in [9.17, 15) is 0 Å². The molecule has 4 rings (SSSR count). The van der Waals surface area contributed by atoms with Gasteiger partial charge in [0.05, 0.1) is 12.2 Å². The highest BCUT2D eigenvalue weighted by molar-refractivity contribution is 5.25. The Morgan fingerprint density at radius 1 is 0.603 bits per heavy atom. The summed E-state index contributed by atoms with van der Waals surface area (Å²) in [6.07, 6.45) is 57.3. The number of fused-ring (bicyclic) bond motifs is 5. The smallest absolute Gasteiger partial charge is 0.0616 e. The van der Waals surface area contributed by atoms with Crippen LogP contribution in [0.15, 0.2) is 23.8 Å². The van der Waals surface area contributed by atoms with Crippen LogP contribution in [0.1, 0.15) is 274 Å². The minimum atomic E-state index is 0.424. The third-order valence-corrected chi connectivity index (χ3v) is 17.7. The molecule has 0 unspecified atom stereocenters. The molecule has 0 aromatic rings. The summed E-state index contributed by atoms with van der Waals surface area (Å²) >= 11 is 0. The van der Waals surface area contributed by atoms with Gasteiger partial charge in [-0.3, -0.25) is 0 Å². The molecular formula is C57H104O. The number of hydrogen-bond acceptors (Lipinski definition) is 1. The van der Waals surface area contributed by atoms with E-state index >= 15 is 0 Å². The van der Waals surface area contributed by atoms with Crippen molar-refractivity contribution in [2.75, 3.05) is 0 Å². The van der Waals surface area contributed by atoms with Gasteiger partial charge in [-0.2, -0.15) is 0 Å². The van der Waals surface area contributed by atoms with E-state index in [2.05, 4.69) is 73.6 Å². The molecule has 0 aromatic carbocycles. The summed E-state index contributed by atoms with van der Waals surface area (Å²) in [6.45, 7) is 19.8. The molecule has 1 heteroatoms. The van der Waals surface area contributed by atoms with Crippen LogP contribution in [-0.4, -0.2) is 12.2 Å². The molecule has 0 saturated heterocycles. The molecule has 1 nitrogen and oxygen atoms in total. The zero-order valence-electron chi connectivity index (χ0n) is 40.9. The van der Waals surface area contributed by atoms with Gasteiger partial charge in [0.25, 0.3) is 0 Å². The average Bonchev–Trinajstić information content (AvgIpc) is 3.58. The maximum atomic E-state index is 6.96. The van der Waals surface area contributed by atoms with Crippen LogP contribution in [0.5, 0.6) is 0 Å². The zero-order chi connectivity index (χ0) is 41.6. The molecule has 3 fully saturated rings. The molecule has 0 amide bonds. The molecule has 0 bridgehead atoms. The number of unbranched alkanes of at least 4 members (excludes halogenated alkanes) is 22. The third-order valence-electron chi connectivity index (χ3n) is 17.7. The van der Waals surface area contributed by atoms with Gasteiger partial charge in [-0.15, -0.1) is 0 Å². The lowest BCUT2D eigenvalue weighted by Gasteiger charge is -2.58. The second kappa shape index (κ2) is 27.5. The Bertz CT molecular complexity index is 1120. The second-order valence-corrected chi connectivity index (χ2v) is 22.1.